The predicted octanol–water partition coefficient (Wildman–Crippen LogP) is 0.932. The number of thiophene rings is 1. The maximum Gasteiger partial charge on any atom is 0.256 e. The Labute approximate surface area is 164 Å². The van der Waals surface area contributed by atoms with Gasteiger partial charge < -0.3 is 15.1 Å². The SMILES string of the molecule is C[NH+]1CC[NH+](Cc2c(NC(=O)c3ccc(F)cc3)sc3c2CCCC3)CC1. The quantitative estimate of drug-likeness (QED) is 0.715. The predicted molar refractivity (Wildman–Crippen MR) is 106 cm³/mol. The highest BCUT2D eigenvalue weighted by Crippen LogP contribution is 2.38. The van der Waals surface area contributed by atoms with Gasteiger partial charge in [-0.15, -0.1) is 11.3 Å². The number of carbonyl (C=O) groups is 1. The van der Waals surface area contributed by atoms with Gasteiger partial charge in [-0.25, -0.2) is 4.39 Å². The normalized spacial score (nSPS) is 22.3. The molecule has 1 aliphatic carbocycles. The van der Waals surface area contributed by atoms with E-state index in [0.29, 0.717) is 5.56 Å². The molecule has 1 fully saturated rings. The molecular weight excluding hydrogens is 361 g/mol. The molecule has 1 aromatic heterocycles. The molecule has 6 heteroatoms. The number of rotatable bonds is 4. The van der Waals surface area contributed by atoms with E-state index in [1.807, 2.05) is 0 Å². The molecule has 0 bridgehead atoms. The number of quaternary nitrogens is 2. The molecule has 0 saturated carbocycles. The first-order valence-electron chi connectivity index (χ1n) is 9.95. The zero-order chi connectivity index (χ0) is 18.8. The molecule has 0 unspecified atom stereocenters. The lowest BCUT2D eigenvalue weighted by molar-refractivity contribution is -1.01. The van der Waals surface area contributed by atoms with Crippen molar-refractivity contribution in [1.82, 2.24) is 0 Å². The van der Waals surface area contributed by atoms with E-state index in [9.17, 15) is 9.18 Å². The summed E-state index contributed by atoms with van der Waals surface area (Å²) in [7, 11) is 2.26. The van der Waals surface area contributed by atoms with Crippen molar-refractivity contribution >= 4 is 22.2 Å². The molecule has 2 aromatic rings. The zero-order valence-corrected chi connectivity index (χ0v) is 16.7. The number of amides is 1. The van der Waals surface area contributed by atoms with Crippen LogP contribution in [0.5, 0.6) is 0 Å². The average Bonchev–Trinajstić information content (AvgIpc) is 3.01. The molecule has 4 nitrogen and oxygen atoms in total. The second kappa shape index (κ2) is 8.09. The monoisotopic (exact) mass is 389 g/mol. The number of likely N-dealkylation sites (N-methyl/N-ethyl adjacent to an activating group) is 1. The fourth-order valence-corrected chi connectivity index (χ4v) is 5.46. The van der Waals surface area contributed by atoms with Gasteiger partial charge in [-0.05, 0) is 55.5 Å². The van der Waals surface area contributed by atoms with Crippen molar-refractivity contribution in [2.45, 2.75) is 32.2 Å². The number of benzene rings is 1. The molecule has 0 radical (unpaired) electrons. The molecule has 2 aliphatic rings. The second-order valence-corrected chi connectivity index (χ2v) is 8.97. The molecule has 1 aliphatic heterocycles. The highest BCUT2D eigenvalue weighted by atomic mass is 32.1. The van der Waals surface area contributed by atoms with Gasteiger partial charge in [0.05, 0.1) is 7.05 Å². The van der Waals surface area contributed by atoms with Gasteiger partial charge in [0.2, 0.25) is 0 Å². The van der Waals surface area contributed by atoms with Crippen LogP contribution in [0.25, 0.3) is 0 Å². The van der Waals surface area contributed by atoms with E-state index < -0.39 is 0 Å². The van der Waals surface area contributed by atoms with E-state index in [0.717, 1.165) is 24.4 Å². The Hall–Kier alpha value is -1.76. The lowest BCUT2D eigenvalue weighted by Crippen LogP contribution is -3.26. The van der Waals surface area contributed by atoms with Gasteiger partial charge in [-0.3, -0.25) is 4.79 Å². The summed E-state index contributed by atoms with van der Waals surface area (Å²) in [5, 5.41) is 4.15. The van der Waals surface area contributed by atoms with Crippen LogP contribution in [-0.2, 0) is 19.4 Å². The first kappa shape index (κ1) is 18.6. The number of hydrogen-bond donors (Lipinski definition) is 3. The average molecular weight is 390 g/mol. The van der Waals surface area contributed by atoms with Crippen LogP contribution in [0.1, 0.15) is 39.2 Å². The Balaban J connectivity index is 1.56. The molecule has 2 heterocycles. The molecule has 4 rings (SSSR count). The van der Waals surface area contributed by atoms with E-state index in [4.69, 9.17) is 0 Å². The third-order valence-corrected chi connectivity index (χ3v) is 7.10. The van der Waals surface area contributed by atoms with Crippen molar-refractivity contribution in [2.24, 2.45) is 0 Å². The Bertz CT molecular complexity index is 810. The molecule has 3 N–H and O–H groups in total. The van der Waals surface area contributed by atoms with E-state index in [-0.39, 0.29) is 11.7 Å². The van der Waals surface area contributed by atoms with Crippen LogP contribution < -0.4 is 15.1 Å². The maximum atomic E-state index is 13.1. The van der Waals surface area contributed by atoms with Crippen molar-refractivity contribution in [1.29, 1.82) is 0 Å². The highest BCUT2D eigenvalue weighted by molar-refractivity contribution is 7.16. The summed E-state index contributed by atoms with van der Waals surface area (Å²) < 4.78 is 13.1. The van der Waals surface area contributed by atoms with Gasteiger partial charge >= 0.3 is 0 Å². The maximum absolute atomic E-state index is 13.1. The van der Waals surface area contributed by atoms with Gasteiger partial charge in [0.15, 0.2) is 0 Å². The first-order chi connectivity index (χ1) is 13.1. The largest absolute Gasteiger partial charge is 0.328 e. The van der Waals surface area contributed by atoms with Crippen molar-refractivity contribution < 1.29 is 19.0 Å². The third kappa shape index (κ3) is 4.23. The van der Waals surface area contributed by atoms with Crippen LogP contribution in [0.15, 0.2) is 24.3 Å². The number of aryl methyl sites for hydroxylation is 1. The van der Waals surface area contributed by atoms with Gasteiger partial charge in [0, 0.05) is 16.0 Å². The molecule has 0 spiro atoms. The topological polar surface area (TPSA) is 38.0 Å². The lowest BCUT2D eigenvalue weighted by atomic mass is 9.95. The molecule has 0 atom stereocenters. The minimum atomic E-state index is -0.320. The lowest BCUT2D eigenvalue weighted by Gasteiger charge is -2.28. The van der Waals surface area contributed by atoms with Gasteiger partial charge in [-0.1, -0.05) is 0 Å². The number of nitrogens with one attached hydrogen (secondary N) is 3. The van der Waals surface area contributed by atoms with Crippen molar-refractivity contribution in [3.63, 3.8) is 0 Å². The Kier molecular flexibility index (Phi) is 5.57. The van der Waals surface area contributed by atoms with Gasteiger partial charge in [0.25, 0.3) is 5.91 Å². The standard InChI is InChI=1S/C21H26FN3OS/c1-24-10-12-25(13-11-24)14-18-17-4-2-3-5-19(17)27-21(18)23-20(26)15-6-8-16(22)9-7-15/h6-9H,2-5,10-14H2,1H3,(H,23,26)/p+2. The highest BCUT2D eigenvalue weighted by Gasteiger charge is 2.27. The van der Waals surface area contributed by atoms with Crippen LogP contribution in [0.3, 0.4) is 0 Å². The van der Waals surface area contributed by atoms with Crippen LogP contribution >= 0.6 is 11.3 Å². The summed E-state index contributed by atoms with van der Waals surface area (Å²) in [6.07, 6.45) is 4.74. The molecule has 1 saturated heterocycles. The molecule has 27 heavy (non-hydrogen) atoms. The van der Waals surface area contributed by atoms with Crippen LogP contribution in [-0.4, -0.2) is 39.1 Å². The molecule has 1 aromatic carbocycles. The summed E-state index contributed by atoms with van der Waals surface area (Å²) in [6, 6.07) is 5.77. The summed E-state index contributed by atoms with van der Waals surface area (Å²) >= 11 is 1.75. The Morgan fingerprint density at radius 3 is 2.56 bits per heavy atom. The van der Waals surface area contributed by atoms with Crippen LogP contribution in [0, 0.1) is 5.82 Å². The summed E-state index contributed by atoms with van der Waals surface area (Å²) in [4.78, 5) is 17.4. The van der Waals surface area contributed by atoms with E-state index >= 15 is 0 Å². The van der Waals surface area contributed by atoms with E-state index in [1.165, 1.54) is 67.2 Å². The van der Waals surface area contributed by atoms with E-state index in [2.05, 4.69) is 12.4 Å². The number of carbonyl (C=O) groups excluding carboxylic acids is 1. The smallest absolute Gasteiger partial charge is 0.256 e. The Morgan fingerprint density at radius 2 is 1.81 bits per heavy atom. The van der Waals surface area contributed by atoms with Gasteiger partial charge in [-0.2, -0.15) is 0 Å². The number of halogens is 1. The number of piperazine rings is 1. The minimum Gasteiger partial charge on any atom is -0.328 e. The minimum absolute atomic E-state index is 0.146. The van der Waals surface area contributed by atoms with Crippen LogP contribution in [0.2, 0.25) is 0 Å². The summed E-state index contributed by atoms with van der Waals surface area (Å²) in [6.45, 7) is 5.78. The third-order valence-electron chi connectivity index (χ3n) is 5.85. The molecule has 1 amide bonds. The summed E-state index contributed by atoms with van der Waals surface area (Å²) in [5.41, 5.74) is 3.34. The fraction of sp³-hybridized carbons (Fsp3) is 0.476. The zero-order valence-electron chi connectivity index (χ0n) is 15.9. The Morgan fingerprint density at radius 1 is 1.11 bits per heavy atom. The second-order valence-electron chi connectivity index (χ2n) is 7.86. The van der Waals surface area contributed by atoms with Crippen molar-refractivity contribution in [2.75, 3.05) is 38.5 Å². The van der Waals surface area contributed by atoms with Crippen LogP contribution in [0.4, 0.5) is 9.39 Å². The number of anilines is 1. The number of hydrogen-bond acceptors (Lipinski definition) is 2. The van der Waals surface area contributed by atoms with Crippen molar-refractivity contribution in [3.8, 4) is 0 Å². The number of fused-ring (bicyclic) bond motifs is 1. The first-order valence-corrected chi connectivity index (χ1v) is 10.8. The molecule has 144 valence electrons. The van der Waals surface area contributed by atoms with E-state index in [1.54, 1.807) is 33.3 Å². The van der Waals surface area contributed by atoms with Gasteiger partial charge in [0.1, 0.15) is 43.5 Å². The van der Waals surface area contributed by atoms with Crippen molar-refractivity contribution in [3.05, 3.63) is 51.7 Å². The summed E-state index contributed by atoms with van der Waals surface area (Å²) in [5.74, 6) is -0.465. The fourth-order valence-electron chi connectivity index (χ4n) is 4.15. The molecular formula is C21H28FN3OS+2.